The van der Waals surface area contributed by atoms with Gasteiger partial charge >= 0.3 is 0 Å². The van der Waals surface area contributed by atoms with Crippen molar-refractivity contribution in [2.45, 2.75) is 13.0 Å². The van der Waals surface area contributed by atoms with Crippen molar-refractivity contribution in [1.82, 2.24) is 14.9 Å². The number of aromatic nitrogens is 2. The second-order valence-electron chi connectivity index (χ2n) is 4.15. The number of nitrogens with two attached hydrogens (primary N) is 1. The van der Waals surface area contributed by atoms with E-state index in [2.05, 4.69) is 26.7 Å². The van der Waals surface area contributed by atoms with Gasteiger partial charge in [-0.15, -0.1) is 0 Å². The van der Waals surface area contributed by atoms with Crippen LogP contribution in [0.25, 0.3) is 0 Å². The van der Waals surface area contributed by atoms with E-state index in [9.17, 15) is 0 Å². The van der Waals surface area contributed by atoms with E-state index in [-0.39, 0.29) is 6.04 Å². The summed E-state index contributed by atoms with van der Waals surface area (Å²) in [5, 5.41) is 0. The van der Waals surface area contributed by atoms with E-state index >= 15 is 0 Å². The Balaban J connectivity index is 1.93. The van der Waals surface area contributed by atoms with Crippen LogP contribution in [0.3, 0.4) is 0 Å². The third kappa shape index (κ3) is 2.89. The van der Waals surface area contributed by atoms with Crippen LogP contribution in [-0.2, 0) is 0 Å². The molecule has 1 saturated heterocycles. The van der Waals surface area contributed by atoms with Crippen LogP contribution in [0, 0.1) is 0 Å². The SMILES string of the molecule is CC(C(N)=S)N1CCN(c2ncccn2)CC1. The van der Waals surface area contributed by atoms with Crippen molar-refractivity contribution in [3.05, 3.63) is 18.5 Å². The Kier molecular flexibility index (Phi) is 3.86. The van der Waals surface area contributed by atoms with Gasteiger partial charge in [-0.05, 0) is 13.0 Å². The molecular formula is C11H17N5S. The predicted molar refractivity (Wildman–Crippen MR) is 72.1 cm³/mol. The molecule has 0 spiro atoms. The summed E-state index contributed by atoms with van der Waals surface area (Å²) in [5.74, 6) is 0.801. The number of hydrogen-bond acceptors (Lipinski definition) is 5. The third-order valence-electron chi connectivity index (χ3n) is 3.11. The minimum Gasteiger partial charge on any atom is -0.392 e. The lowest BCUT2D eigenvalue weighted by molar-refractivity contribution is 0.238. The molecular weight excluding hydrogens is 234 g/mol. The third-order valence-corrected chi connectivity index (χ3v) is 3.45. The second kappa shape index (κ2) is 5.37. The molecule has 92 valence electrons. The highest BCUT2D eigenvalue weighted by molar-refractivity contribution is 7.80. The highest BCUT2D eigenvalue weighted by Crippen LogP contribution is 2.11. The first-order chi connectivity index (χ1) is 8.18. The molecule has 2 rings (SSSR count). The van der Waals surface area contributed by atoms with Crippen LogP contribution < -0.4 is 10.6 Å². The van der Waals surface area contributed by atoms with Crippen LogP contribution in [0.5, 0.6) is 0 Å². The molecule has 0 saturated carbocycles. The van der Waals surface area contributed by atoms with E-state index < -0.39 is 0 Å². The minimum absolute atomic E-state index is 0.170. The maximum Gasteiger partial charge on any atom is 0.225 e. The molecule has 5 nitrogen and oxygen atoms in total. The van der Waals surface area contributed by atoms with Crippen LogP contribution in [0.1, 0.15) is 6.92 Å². The lowest BCUT2D eigenvalue weighted by atomic mass is 10.2. The number of rotatable bonds is 3. The maximum atomic E-state index is 5.66. The zero-order valence-corrected chi connectivity index (χ0v) is 10.7. The summed E-state index contributed by atoms with van der Waals surface area (Å²) in [4.78, 5) is 13.5. The fourth-order valence-electron chi connectivity index (χ4n) is 1.94. The fourth-order valence-corrected chi connectivity index (χ4v) is 2.09. The van der Waals surface area contributed by atoms with E-state index in [0.29, 0.717) is 4.99 Å². The largest absolute Gasteiger partial charge is 0.392 e. The molecule has 2 N–H and O–H groups in total. The topological polar surface area (TPSA) is 58.3 Å². The maximum absolute atomic E-state index is 5.66. The number of piperazine rings is 1. The molecule has 0 aromatic carbocycles. The van der Waals surface area contributed by atoms with E-state index in [4.69, 9.17) is 18.0 Å². The average molecular weight is 251 g/mol. The summed E-state index contributed by atoms with van der Waals surface area (Å²) in [5.41, 5.74) is 5.66. The highest BCUT2D eigenvalue weighted by atomic mass is 32.1. The molecule has 0 amide bonds. The van der Waals surface area contributed by atoms with Gasteiger partial charge in [-0.1, -0.05) is 12.2 Å². The number of hydrogen-bond donors (Lipinski definition) is 1. The lowest BCUT2D eigenvalue weighted by Crippen LogP contribution is -2.53. The van der Waals surface area contributed by atoms with Gasteiger partial charge in [0, 0.05) is 38.6 Å². The van der Waals surface area contributed by atoms with Crippen molar-refractivity contribution in [3.8, 4) is 0 Å². The first kappa shape index (κ1) is 12.2. The first-order valence-electron chi connectivity index (χ1n) is 5.74. The molecule has 1 aliphatic heterocycles. The van der Waals surface area contributed by atoms with Gasteiger partial charge in [0.05, 0.1) is 11.0 Å². The van der Waals surface area contributed by atoms with Gasteiger partial charge < -0.3 is 10.6 Å². The molecule has 0 radical (unpaired) electrons. The van der Waals surface area contributed by atoms with E-state index in [1.807, 2.05) is 6.07 Å². The molecule has 1 atom stereocenters. The molecule has 6 heteroatoms. The summed E-state index contributed by atoms with van der Waals surface area (Å²) >= 11 is 5.02. The molecule has 0 bridgehead atoms. The van der Waals surface area contributed by atoms with Crippen LogP contribution >= 0.6 is 12.2 Å². The van der Waals surface area contributed by atoms with E-state index in [1.54, 1.807) is 12.4 Å². The normalized spacial score (nSPS) is 19.0. The quantitative estimate of drug-likeness (QED) is 0.778. The Labute approximate surface area is 107 Å². The summed E-state index contributed by atoms with van der Waals surface area (Å²) < 4.78 is 0. The molecule has 1 aromatic rings. The first-order valence-corrected chi connectivity index (χ1v) is 6.14. The number of thiocarbonyl (C=S) groups is 1. The molecule has 2 heterocycles. The van der Waals surface area contributed by atoms with Crippen LogP contribution in [0.2, 0.25) is 0 Å². The van der Waals surface area contributed by atoms with Crippen LogP contribution in [0.4, 0.5) is 5.95 Å². The summed E-state index contributed by atoms with van der Waals surface area (Å²) in [6.07, 6.45) is 3.54. The average Bonchev–Trinajstić information content (AvgIpc) is 2.39. The Morgan fingerprint density at radius 3 is 2.41 bits per heavy atom. The van der Waals surface area contributed by atoms with Crippen LogP contribution in [-0.4, -0.2) is 52.1 Å². The Bertz CT molecular complexity index is 375. The summed E-state index contributed by atoms with van der Waals surface area (Å²) in [7, 11) is 0. The monoisotopic (exact) mass is 251 g/mol. The van der Waals surface area contributed by atoms with Crippen molar-refractivity contribution < 1.29 is 0 Å². The van der Waals surface area contributed by atoms with Crippen molar-refractivity contribution >= 4 is 23.2 Å². The summed E-state index contributed by atoms with van der Waals surface area (Å²) in [6, 6.07) is 2.00. The van der Waals surface area contributed by atoms with Crippen LogP contribution in [0.15, 0.2) is 18.5 Å². The van der Waals surface area contributed by atoms with Gasteiger partial charge in [0.15, 0.2) is 0 Å². The number of anilines is 1. The van der Waals surface area contributed by atoms with Gasteiger partial charge in [-0.3, -0.25) is 4.90 Å². The smallest absolute Gasteiger partial charge is 0.225 e. The predicted octanol–water partition coefficient (Wildman–Crippen LogP) is 0.273. The van der Waals surface area contributed by atoms with Crippen molar-refractivity contribution in [2.24, 2.45) is 5.73 Å². The van der Waals surface area contributed by atoms with Gasteiger partial charge in [0.2, 0.25) is 5.95 Å². The molecule has 0 aliphatic carbocycles. The fraction of sp³-hybridized carbons (Fsp3) is 0.545. The molecule has 17 heavy (non-hydrogen) atoms. The zero-order chi connectivity index (χ0) is 12.3. The Morgan fingerprint density at radius 1 is 1.29 bits per heavy atom. The van der Waals surface area contributed by atoms with Gasteiger partial charge in [0.1, 0.15) is 0 Å². The standard InChI is InChI=1S/C11H17N5S/c1-9(10(12)17)15-5-7-16(8-6-15)11-13-3-2-4-14-11/h2-4,9H,5-8H2,1H3,(H2,12,17). The molecule has 1 aliphatic rings. The Morgan fingerprint density at radius 2 is 1.88 bits per heavy atom. The van der Waals surface area contributed by atoms with Gasteiger partial charge in [0.25, 0.3) is 0 Å². The van der Waals surface area contributed by atoms with Gasteiger partial charge in [-0.2, -0.15) is 0 Å². The Hall–Kier alpha value is -1.27. The van der Waals surface area contributed by atoms with Gasteiger partial charge in [-0.25, -0.2) is 9.97 Å². The van der Waals surface area contributed by atoms with E-state index in [1.165, 1.54) is 0 Å². The van der Waals surface area contributed by atoms with Crippen molar-refractivity contribution in [1.29, 1.82) is 0 Å². The molecule has 1 aromatic heterocycles. The molecule has 1 fully saturated rings. The summed E-state index contributed by atoms with van der Waals surface area (Å²) in [6.45, 7) is 5.76. The zero-order valence-electron chi connectivity index (χ0n) is 9.91. The van der Waals surface area contributed by atoms with Crippen molar-refractivity contribution in [2.75, 3.05) is 31.1 Å². The second-order valence-corrected chi connectivity index (χ2v) is 4.62. The lowest BCUT2D eigenvalue weighted by Gasteiger charge is -2.37. The molecule has 1 unspecified atom stereocenters. The van der Waals surface area contributed by atoms with E-state index in [0.717, 1.165) is 32.1 Å². The number of nitrogens with zero attached hydrogens (tertiary/aromatic N) is 4. The van der Waals surface area contributed by atoms with Crippen molar-refractivity contribution in [3.63, 3.8) is 0 Å². The highest BCUT2D eigenvalue weighted by Gasteiger charge is 2.23. The minimum atomic E-state index is 0.170.